The molecule has 1 spiro atoms. The van der Waals surface area contributed by atoms with Crippen molar-refractivity contribution in [2.24, 2.45) is 5.41 Å². The van der Waals surface area contributed by atoms with E-state index in [1.165, 1.54) is 12.0 Å². The van der Waals surface area contributed by atoms with Crippen LogP contribution in [0.4, 0.5) is 0 Å². The standard InChI is InChI=1S/C18H26N2O/c1-14(2)15-3-5-16(6-4-15)17(21)20-11-8-18(9-12-20)7-10-19-13-18/h3-6,14,19H,7-13H2,1-2H3. The van der Waals surface area contributed by atoms with Gasteiger partial charge in [0.25, 0.3) is 5.91 Å². The second kappa shape index (κ2) is 5.80. The van der Waals surface area contributed by atoms with Gasteiger partial charge in [-0.05, 0) is 54.8 Å². The van der Waals surface area contributed by atoms with E-state index >= 15 is 0 Å². The molecule has 0 bridgehead atoms. The van der Waals surface area contributed by atoms with E-state index in [1.807, 2.05) is 17.0 Å². The molecule has 114 valence electrons. The minimum atomic E-state index is 0.200. The average Bonchev–Trinajstić information content (AvgIpc) is 2.96. The molecule has 2 aliphatic heterocycles. The van der Waals surface area contributed by atoms with Gasteiger partial charge in [0.1, 0.15) is 0 Å². The summed E-state index contributed by atoms with van der Waals surface area (Å²) in [5.74, 6) is 0.713. The summed E-state index contributed by atoms with van der Waals surface area (Å²) in [4.78, 5) is 14.6. The first-order valence-electron chi connectivity index (χ1n) is 8.20. The Labute approximate surface area is 127 Å². The number of piperidine rings is 1. The van der Waals surface area contributed by atoms with E-state index in [0.29, 0.717) is 11.3 Å². The third kappa shape index (κ3) is 2.98. The fourth-order valence-electron chi connectivity index (χ4n) is 3.60. The summed E-state index contributed by atoms with van der Waals surface area (Å²) in [6, 6.07) is 8.15. The fraction of sp³-hybridized carbons (Fsp3) is 0.611. The molecule has 3 rings (SSSR count). The van der Waals surface area contributed by atoms with Gasteiger partial charge < -0.3 is 10.2 Å². The van der Waals surface area contributed by atoms with Crippen LogP contribution >= 0.6 is 0 Å². The van der Waals surface area contributed by atoms with Crippen LogP contribution in [0.5, 0.6) is 0 Å². The molecule has 0 saturated carbocycles. The highest BCUT2D eigenvalue weighted by Gasteiger charge is 2.38. The van der Waals surface area contributed by atoms with Crippen molar-refractivity contribution in [3.05, 3.63) is 35.4 Å². The van der Waals surface area contributed by atoms with Crippen molar-refractivity contribution in [3.63, 3.8) is 0 Å². The smallest absolute Gasteiger partial charge is 0.253 e. The van der Waals surface area contributed by atoms with E-state index < -0.39 is 0 Å². The van der Waals surface area contributed by atoms with Crippen molar-refractivity contribution in [2.75, 3.05) is 26.2 Å². The number of rotatable bonds is 2. The van der Waals surface area contributed by atoms with Crippen LogP contribution in [0.25, 0.3) is 0 Å². The van der Waals surface area contributed by atoms with Gasteiger partial charge in [0, 0.05) is 25.2 Å². The topological polar surface area (TPSA) is 32.3 Å². The van der Waals surface area contributed by atoms with E-state index in [0.717, 1.165) is 44.6 Å². The lowest BCUT2D eigenvalue weighted by molar-refractivity contribution is 0.0607. The van der Waals surface area contributed by atoms with Crippen LogP contribution in [0.1, 0.15) is 54.9 Å². The Morgan fingerprint density at radius 3 is 2.33 bits per heavy atom. The van der Waals surface area contributed by atoms with Crippen LogP contribution in [0.2, 0.25) is 0 Å². The zero-order valence-electron chi connectivity index (χ0n) is 13.2. The maximum atomic E-state index is 12.6. The van der Waals surface area contributed by atoms with Gasteiger partial charge in [-0.2, -0.15) is 0 Å². The van der Waals surface area contributed by atoms with E-state index in [-0.39, 0.29) is 5.91 Å². The van der Waals surface area contributed by atoms with E-state index in [2.05, 4.69) is 31.3 Å². The molecule has 0 unspecified atom stereocenters. The predicted octanol–water partition coefficient (Wildman–Crippen LogP) is 3.03. The van der Waals surface area contributed by atoms with E-state index in [1.54, 1.807) is 0 Å². The quantitative estimate of drug-likeness (QED) is 0.906. The molecule has 1 aromatic rings. The lowest BCUT2D eigenvalue weighted by Gasteiger charge is -2.38. The number of hydrogen-bond donors (Lipinski definition) is 1. The van der Waals surface area contributed by atoms with Gasteiger partial charge in [-0.25, -0.2) is 0 Å². The van der Waals surface area contributed by atoms with Crippen molar-refractivity contribution >= 4 is 5.91 Å². The van der Waals surface area contributed by atoms with Gasteiger partial charge in [-0.15, -0.1) is 0 Å². The third-order valence-electron chi connectivity index (χ3n) is 5.27. The number of amides is 1. The maximum Gasteiger partial charge on any atom is 0.253 e. The van der Waals surface area contributed by atoms with Crippen LogP contribution < -0.4 is 5.32 Å². The number of benzene rings is 1. The molecule has 0 atom stereocenters. The summed E-state index contributed by atoms with van der Waals surface area (Å²) in [6.45, 7) is 8.45. The Balaban J connectivity index is 1.63. The molecule has 2 saturated heterocycles. The van der Waals surface area contributed by atoms with Gasteiger partial charge in [0.2, 0.25) is 0 Å². The molecule has 2 aliphatic rings. The zero-order valence-corrected chi connectivity index (χ0v) is 13.2. The number of carbonyl (C=O) groups excluding carboxylic acids is 1. The van der Waals surface area contributed by atoms with Crippen molar-refractivity contribution in [2.45, 2.75) is 39.0 Å². The number of hydrogen-bond acceptors (Lipinski definition) is 2. The maximum absolute atomic E-state index is 12.6. The molecule has 1 amide bonds. The van der Waals surface area contributed by atoms with E-state index in [9.17, 15) is 4.79 Å². The van der Waals surface area contributed by atoms with Crippen molar-refractivity contribution in [1.29, 1.82) is 0 Å². The average molecular weight is 286 g/mol. The van der Waals surface area contributed by atoms with Gasteiger partial charge in [0.05, 0.1) is 0 Å². The highest BCUT2D eigenvalue weighted by molar-refractivity contribution is 5.94. The van der Waals surface area contributed by atoms with Crippen LogP contribution in [0.3, 0.4) is 0 Å². The number of nitrogens with zero attached hydrogens (tertiary/aromatic N) is 1. The molecule has 0 radical (unpaired) electrons. The molecule has 0 aliphatic carbocycles. The van der Waals surface area contributed by atoms with Gasteiger partial charge in [-0.3, -0.25) is 4.79 Å². The number of carbonyl (C=O) groups is 1. The normalized spacial score (nSPS) is 21.2. The molecule has 21 heavy (non-hydrogen) atoms. The molecule has 3 heteroatoms. The Morgan fingerprint density at radius 1 is 1.14 bits per heavy atom. The Bertz CT molecular complexity index is 490. The van der Waals surface area contributed by atoms with Crippen LogP contribution in [0.15, 0.2) is 24.3 Å². The second-order valence-electron chi connectivity index (χ2n) is 7.00. The van der Waals surface area contributed by atoms with E-state index in [4.69, 9.17) is 0 Å². The fourth-order valence-corrected chi connectivity index (χ4v) is 3.60. The highest BCUT2D eigenvalue weighted by atomic mass is 16.2. The molecule has 0 aromatic heterocycles. The molecule has 1 aromatic carbocycles. The monoisotopic (exact) mass is 286 g/mol. The van der Waals surface area contributed by atoms with Crippen molar-refractivity contribution in [1.82, 2.24) is 10.2 Å². The largest absolute Gasteiger partial charge is 0.339 e. The second-order valence-corrected chi connectivity index (χ2v) is 7.00. The Hall–Kier alpha value is -1.35. The first-order valence-corrected chi connectivity index (χ1v) is 8.20. The van der Waals surface area contributed by atoms with Crippen LogP contribution in [-0.4, -0.2) is 37.0 Å². The highest BCUT2D eigenvalue weighted by Crippen LogP contribution is 2.37. The third-order valence-corrected chi connectivity index (χ3v) is 5.27. The zero-order chi connectivity index (χ0) is 14.9. The molecule has 3 nitrogen and oxygen atoms in total. The predicted molar refractivity (Wildman–Crippen MR) is 85.6 cm³/mol. The minimum Gasteiger partial charge on any atom is -0.339 e. The summed E-state index contributed by atoms with van der Waals surface area (Å²) < 4.78 is 0. The van der Waals surface area contributed by atoms with Crippen molar-refractivity contribution in [3.8, 4) is 0 Å². The SMILES string of the molecule is CC(C)c1ccc(C(=O)N2CCC3(CCNC3)CC2)cc1. The summed E-state index contributed by atoms with van der Waals surface area (Å²) >= 11 is 0. The minimum absolute atomic E-state index is 0.200. The number of nitrogens with one attached hydrogen (secondary N) is 1. The number of likely N-dealkylation sites (tertiary alicyclic amines) is 1. The Kier molecular flexibility index (Phi) is 4.03. The lowest BCUT2D eigenvalue weighted by Crippen LogP contribution is -2.44. The summed E-state index contributed by atoms with van der Waals surface area (Å²) in [6.07, 6.45) is 3.57. The lowest BCUT2D eigenvalue weighted by atomic mass is 9.78. The van der Waals surface area contributed by atoms with Gasteiger partial charge in [-0.1, -0.05) is 26.0 Å². The van der Waals surface area contributed by atoms with Crippen LogP contribution in [-0.2, 0) is 0 Å². The summed E-state index contributed by atoms with van der Waals surface area (Å²) in [5.41, 5.74) is 2.60. The van der Waals surface area contributed by atoms with Gasteiger partial charge >= 0.3 is 0 Å². The first-order chi connectivity index (χ1) is 10.1. The van der Waals surface area contributed by atoms with Gasteiger partial charge in [0.15, 0.2) is 0 Å². The first kappa shape index (κ1) is 14.6. The molecular formula is C18H26N2O. The molecular weight excluding hydrogens is 260 g/mol. The van der Waals surface area contributed by atoms with Crippen LogP contribution in [0, 0.1) is 5.41 Å². The molecule has 2 fully saturated rings. The summed E-state index contributed by atoms with van der Waals surface area (Å²) in [7, 11) is 0. The molecule has 1 N–H and O–H groups in total. The Morgan fingerprint density at radius 2 is 1.81 bits per heavy atom. The summed E-state index contributed by atoms with van der Waals surface area (Å²) in [5, 5.41) is 3.47. The molecule has 2 heterocycles. The van der Waals surface area contributed by atoms with Crippen molar-refractivity contribution < 1.29 is 4.79 Å².